The summed E-state index contributed by atoms with van der Waals surface area (Å²) in [6, 6.07) is 9.17. The van der Waals surface area contributed by atoms with E-state index in [1.807, 2.05) is 0 Å². The van der Waals surface area contributed by atoms with Gasteiger partial charge in [0.2, 0.25) is 0 Å². The van der Waals surface area contributed by atoms with E-state index in [9.17, 15) is 0 Å². The van der Waals surface area contributed by atoms with Crippen LogP contribution in [0, 0.1) is 11.3 Å². The van der Waals surface area contributed by atoms with Crippen molar-refractivity contribution < 1.29 is 4.74 Å². The molecule has 2 nitrogen and oxygen atoms in total. The average molecular weight is 287 g/mol. The number of anilines is 1. The molecule has 2 heteroatoms. The predicted octanol–water partition coefficient (Wildman–Crippen LogP) is 5.24. The lowest BCUT2D eigenvalue weighted by Crippen LogP contribution is -2.22. The summed E-state index contributed by atoms with van der Waals surface area (Å²) >= 11 is 0. The van der Waals surface area contributed by atoms with E-state index in [2.05, 4.69) is 50.4 Å². The van der Waals surface area contributed by atoms with E-state index in [1.165, 1.54) is 44.2 Å². The molecule has 116 valence electrons. The van der Waals surface area contributed by atoms with E-state index in [-0.39, 0.29) is 0 Å². The van der Waals surface area contributed by atoms with E-state index < -0.39 is 0 Å². The van der Waals surface area contributed by atoms with Gasteiger partial charge in [-0.3, -0.25) is 0 Å². The molecule has 0 saturated heterocycles. The fourth-order valence-electron chi connectivity index (χ4n) is 4.13. The Labute approximate surface area is 129 Å². The Kier molecular flexibility index (Phi) is 4.14. The molecule has 0 bridgehead atoms. The van der Waals surface area contributed by atoms with Gasteiger partial charge in [0.1, 0.15) is 5.75 Å². The Hall–Kier alpha value is -1.18. The zero-order valence-corrected chi connectivity index (χ0v) is 13.7. The molecule has 2 atom stereocenters. The first-order valence-electron chi connectivity index (χ1n) is 8.55. The molecule has 2 saturated carbocycles. The molecule has 1 aromatic carbocycles. The maximum Gasteiger partial charge on any atom is 0.119 e. The fourth-order valence-corrected chi connectivity index (χ4v) is 4.13. The third-order valence-electron chi connectivity index (χ3n) is 5.15. The van der Waals surface area contributed by atoms with Crippen LogP contribution in [0.2, 0.25) is 0 Å². The van der Waals surface area contributed by atoms with Gasteiger partial charge in [-0.05, 0) is 74.1 Å². The summed E-state index contributed by atoms with van der Waals surface area (Å²) < 4.78 is 6.03. The molecule has 2 aliphatic rings. The SMILES string of the molecule is CC1CC(C)(C)CC1Nc1ccc(OC2CCCC2)cc1. The summed E-state index contributed by atoms with van der Waals surface area (Å²) in [6.07, 6.45) is 8.09. The van der Waals surface area contributed by atoms with Crippen LogP contribution in [0.25, 0.3) is 0 Å². The van der Waals surface area contributed by atoms with Crippen LogP contribution in [0.4, 0.5) is 5.69 Å². The second-order valence-corrected chi connectivity index (χ2v) is 7.85. The smallest absolute Gasteiger partial charge is 0.119 e. The lowest BCUT2D eigenvalue weighted by Gasteiger charge is -2.20. The van der Waals surface area contributed by atoms with Crippen LogP contribution in [0.15, 0.2) is 24.3 Å². The van der Waals surface area contributed by atoms with Gasteiger partial charge >= 0.3 is 0 Å². The summed E-state index contributed by atoms with van der Waals surface area (Å²) in [5.74, 6) is 1.77. The summed E-state index contributed by atoms with van der Waals surface area (Å²) in [6.45, 7) is 7.12. The highest BCUT2D eigenvalue weighted by molar-refractivity contribution is 5.47. The molecule has 1 aromatic rings. The van der Waals surface area contributed by atoms with Gasteiger partial charge in [0, 0.05) is 11.7 Å². The Morgan fingerprint density at radius 3 is 2.29 bits per heavy atom. The van der Waals surface area contributed by atoms with Crippen molar-refractivity contribution in [2.24, 2.45) is 11.3 Å². The van der Waals surface area contributed by atoms with Crippen LogP contribution in [0.5, 0.6) is 5.75 Å². The molecule has 0 heterocycles. The maximum atomic E-state index is 6.03. The Morgan fingerprint density at radius 1 is 1.05 bits per heavy atom. The lowest BCUT2D eigenvalue weighted by atomic mass is 9.91. The highest BCUT2D eigenvalue weighted by Crippen LogP contribution is 2.42. The largest absolute Gasteiger partial charge is 0.490 e. The minimum Gasteiger partial charge on any atom is -0.490 e. The van der Waals surface area contributed by atoms with Gasteiger partial charge in [-0.2, -0.15) is 0 Å². The summed E-state index contributed by atoms with van der Waals surface area (Å²) in [5, 5.41) is 3.71. The number of rotatable bonds is 4. The van der Waals surface area contributed by atoms with Gasteiger partial charge < -0.3 is 10.1 Å². The standard InChI is InChI=1S/C19H29NO/c1-14-12-19(2,3)13-18(14)20-15-8-10-17(11-9-15)21-16-6-4-5-7-16/h8-11,14,16,18,20H,4-7,12-13H2,1-3H3. The van der Waals surface area contributed by atoms with Crippen LogP contribution >= 0.6 is 0 Å². The van der Waals surface area contributed by atoms with Gasteiger partial charge in [-0.1, -0.05) is 20.8 Å². The number of hydrogen-bond donors (Lipinski definition) is 1. The van der Waals surface area contributed by atoms with E-state index in [1.54, 1.807) is 0 Å². The van der Waals surface area contributed by atoms with Crippen LogP contribution in [0.3, 0.4) is 0 Å². The van der Waals surface area contributed by atoms with Gasteiger partial charge in [0.15, 0.2) is 0 Å². The molecular weight excluding hydrogens is 258 g/mol. The predicted molar refractivity (Wildman–Crippen MR) is 88.9 cm³/mol. The fraction of sp³-hybridized carbons (Fsp3) is 0.684. The van der Waals surface area contributed by atoms with Crippen molar-refractivity contribution in [2.75, 3.05) is 5.32 Å². The van der Waals surface area contributed by atoms with Crippen molar-refractivity contribution in [1.29, 1.82) is 0 Å². The van der Waals surface area contributed by atoms with Gasteiger partial charge in [-0.25, -0.2) is 0 Å². The molecule has 2 unspecified atom stereocenters. The van der Waals surface area contributed by atoms with Gasteiger partial charge in [0.25, 0.3) is 0 Å². The second kappa shape index (κ2) is 5.90. The lowest BCUT2D eigenvalue weighted by molar-refractivity contribution is 0.210. The van der Waals surface area contributed by atoms with Crippen molar-refractivity contribution in [3.8, 4) is 5.75 Å². The van der Waals surface area contributed by atoms with Crippen molar-refractivity contribution in [3.63, 3.8) is 0 Å². The van der Waals surface area contributed by atoms with E-state index in [4.69, 9.17) is 4.74 Å². The highest BCUT2D eigenvalue weighted by atomic mass is 16.5. The van der Waals surface area contributed by atoms with Crippen molar-refractivity contribution in [2.45, 2.75) is 71.4 Å². The monoisotopic (exact) mass is 287 g/mol. The van der Waals surface area contributed by atoms with Crippen molar-refractivity contribution in [1.82, 2.24) is 0 Å². The van der Waals surface area contributed by atoms with Gasteiger partial charge in [-0.15, -0.1) is 0 Å². The summed E-state index contributed by atoms with van der Waals surface area (Å²) in [4.78, 5) is 0. The molecule has 0 spiro atoms. The molecule has 2 fully saturated rings. The minimum atomic E-state index is 0.444. The molecule has 1 N–H and O–H groups in total. The van der Waals surface area contributed by atoms with Gasteiger partial charge in [0.05, 0.1) is 6.10 Å². The molecule has 21 heavy (non-hydrogen) atoms. The number of ether oxygens (including phenoxy) is 1. The normalized spacial score (nSPS) is 28.7. The number of nitrogens with one attached hydrogen (secondary N) is 1. The first-order valence-corrected chi connectivity index (χ1v) is 8.55. The quantitative estimate of drug-likeness (QED) is 0.817. The highest BCUT2D eigenvalue weighted by Gasteiger charge is 2.36. The van der Waals surface area contributed by atoms with E-state index in [0.717, 1.165) is 11.7 Å². The second-order valence-electron chi connectivity index (χ2n) is 7.85. The van der Waals surface area contributed by atoms with E-state index >= 15 is 0 Å². The molecule has 0 amide bonds. The maximum absolute atomic E-state index is 6.03. The molecule has 0 aromatic heterocycles. The first-order chi connectivity index (χ1) is 10.0. The van der Waals surface area contributed by atoms with Crippen LogP contribution in [0.1, 0.15) is 59.3 Å². The molecule has 0 aliphatic heterocycles. The zero-order chi connectivity index (χ0) is 14.9. The Balaban J connectivity index is 1.57. The van der Waals surface area contributed by atoms with Crippen LogP contribution in [-0.2, 0) is 0 Å². The summed E-state index contributed by atoms with van der Waals surface area (Å²) in [7, 11) is 0. The van der Waals surface area contributed by atoms with E-state index in [0.29, 0.717) is 17.6 Å². The molecule has 2 aliphatic carbocycles. The van der Waals surface area contributed by atoms with Crippen molar-refractivity contribution in [3.05, 3.63) is 24.3 Å². The average Bonchev–Trinajstić information content (AvgIpc) is 3.00. The molecular formula is C19H29NO. The topological polar surface area (TPSA) is 21.3 Å². The van der Waals surface area contributed by atoms with Crippen molar-refractivity contribution >= 4 is 5.69 Å². The third-order valence-corrected chi connectivity index (χ3v) is 5.15. The zero-order valence-electron chi connectivity index (χ0n) is 13.7. The van der Waals surface area contributed by atoms with Crippen LogP contribution in [-0.4, -0.2) is 12.1 Å². The summed E-state index contributed by atoms with van der Waals surface area (Å²) in [5.41, 5.74) is 1.70. The molecule has 0 radical (unpaired) electrons. The number of benzene rings is 1. The minimum absolute atomic E-state index is 0.444. The number of hydrogen-bond acceptors (Lipinski definition) is 2. The Morgan fingerprint density at radius 2 is 1.71 bits per heavy atom. The Bertz CT molecular complexity index is 459. The molecule has 3 rings (SSSR count). The third kappa shape index (κ3) is 3.72. The van der Waals surface area contributed by atoms with Crippen LogP contribution < -0.4 is 10.1 Å². The first kappa shape index (κ1) is 14.7.